The predicted molar refractivity (Wildman–Crippen MR) is 81.1 cm³/mol. The summed E-state index contributed by atoms with van der Waals surface area (Å²) < 4.78 is 14.5. The minimum absolute atomic E-state index is 0.175. The molecular formula is C15H14BrClFN. The highest BCUT2D eigenvalue weighted by molar-refractivity contribution is 9.10. The SMILES string of the molecule is Cc1cc(C(N)c2ccc(Cl)cc2Br)cc(C)c1F. The van der Waals surface area contributed by atoms with Gasteiger partial charge in [0.2, 0.25) is 0 Å². The molecule has 2 N–H and O–H groups in total. The number of benzene rings is 2. The van der Waals surface area contributed by atoms with Gasteiger partial charge in [-0.3, -0.25) is 0 Å². The Morgan fingerprint density at radius 1 is 1.16 bits per heavy atom. The van der Waals surface area contributed by atoms with Gasteiger partial charge in [0.05, 0.1) is 6.04 Å². The van der Waals surface area contributed by atoms with Gasteiger partial charge in [-0.05, 0) is 48.2 Å². The summed E-state index contributed by atoms with van der Waals surface area (Å²) in [5.41, 5.74) is 9.29. The van der Waals surface area contributed by atoms with Gasteiger partial charge in [0.25, 0.3) is 0 Å². The molecular weight excluding hydrogens is 329 g/mol. The summed E-state index contributed by atoms with van der Waals surface area (Å²) >= 11 is 9.38. The van der Waals surface area contributed by atoms with Crippen LogP contribution in [0, 0.1) is 19.7 Å². The Balaban J connectivity index is 2.47. The Morgan fingerprint density at radius 2 is 1.74 bits per heavy atom. The Hall–Kier alpha value is -0.900. The Labute approximate surface area is 125 Å². The highest BCUT2D eigenvalue weighted by atomic mass is 79.9. The maximum absolute atomic E-state index is 13.6. The molecule has 2 aromatic rings. The van der Waals surface area contributed by atoms with Crippen LogP contribution in [0.3, 0.4) is 0 Å². The van der Waals surface area contributed by atoms with E-state index in [0.717, 1.165) is 15.6 Å². The molecule has 100 valence electrons. The maximum atomic E-state index is 13.6. The second kappa shape index (κ2) is 5.61. The molecule has 2 rings (SSSR count). The lowest BCUT2D eigenvalue weighted by atomic mass is 9.96. The largest absolute Gasteiger partial charge is 0.320 e. The lowest BCUT2D eigenvalue weighted by molar-refractivity contribution is 0.607. The van der Waals surface area contributed by atoms with Crippen molar-refractivity contribution >= 4 is 27.5 Å². The summed E-state index contributed by atoms with van der Waals surface area (Å²) in [6, 6.07) is 8.74. The number of hydrogen-bond donors (Lipinski definition) is 1. The first-order chi connectivity index (χ1) is 8.90. The fraction of sp³-hybridized carbons (Fsp3) is 0.200. The first-order valence-corrected chi connectivity index (χ1v) is 7.04. The molecule has 1 atom stereocenters. The minimum atomic E-state index is -0.315. The van der Waals surface area contributed by atoms with Crippen molar-refractivity contribution in [2.45, 2.75) is 19.9 Å². The molecule has 0 saturated carbocycles. The number of rotatable bonds is 2. The van der Waals surface area contributed by atoms with Gasteiger partial charge in [0.1, 0.15) is 5.82 Å². The average molecular weight is 343 g/mol. The van der Waals surface area contributed by atoms with E-state index >= 15 is 0 Å². The first kappa shape index (κ1) is 14.5. The maximum Gasteiger partial charge on any atom is 0.129 e. The lowest BCUT2D eigenvalue weighted by Crippen LogP contribution is -2.13. The van der Waals surface area contributed by atoms with Crippen molar-refractivity contribution in [2.75, 3.05) is 0 Å². The molecule has 19 heavy (non-hydrogen) atoms. The highest BCUT2D eigenvalue weighted by Crippen LogP contribution is 2.30. The molecule has 2 aromatic carbocycles. The van der Waals surface area contributed by atoms with Crippen molar-refractivity contribution in [3.8, 4) is 0 Å². The molecule has 0 amide bonds. The minimum Gasteiger partial charge on any atom is -0.320 e. The molecule has 0 heterocycles. The summed E-state index contributed by atoms with van der Waals surface area (Å²) in [4.78, 5) is 0. The van der Waals surface area contributed by atoms with Crippen LogP contribution in [0.15, 0.2) is 34.8 Å². The van der Waals surface area contributed by atoms with Gasteiger partial charge in [-0.15, -0.1) is 0 Å². The molecule has 0 fully saturated rings. The van der Waals surface area contributed by atoms with Crippen LogP contribution in [0.1, 0.15) is 28.3 Å². The van der Waals surface area contributed by atoms with E-state index in [0.29, 0.717) is 16.1 Å². The van der Waals surface area contributed by atoms with E-state index < -0.39 is 0 Å². The van der Waals surface area contributed by atoms with Crippen molar-refractivity contribution in [1.29, 1.82) is 0 Å². The third-order valence-electron chi connectivity index (χ3n) is 3.12. The zero-order chi connectivity index (χ0) is 14.2. The molecule has 0 aliphatic rings. The molecule has 0 saturated heterocycles. The van der Waals surface area contributed by atoms with Crippen molar-refractivity contribution < 1.29 is 4.39 Å². The zero-order valence-corrected chi connectivity index (χ0v) is 13.0. The highest BCUT2D eigenvalue weighted by Gasteiger charge is 2.15. The Morgan fingerprint density at radius 3 is 2.26 bits per heavy atom. The second-order valence-corrected chi connectivity index (χ2v) is 5.90. The average Bonchev–Trinajstić information content (AvgIpc) is 2.34. The van der Waals surface area contributed by atoms with E-state index in [1.807, 2.05) is 6.07 Å². The van der Waals surface area contributed by atoms with Gasteiger partial charge >= 0.3 is 0 Å². The Bertz CT molecular complexity index is 605. The first-order valence-electron chi connectivity index (χ1n) is 5.87. The number of aryl methyl sites for hydroxylation is 2. The van der Waals surface area contributed by atoms with Crippen molar-refractivity contribution in [2.24, 2.45) is 5.73 Å². The van der Waals surface area contributed by atoms with E-state index in [1.165, 1.54) is 0 Å². The van der Waals surface area contributed by atoms with Gasteiger partial charge in [0, 0.05) is 9.50 Å². The molecule has 0 aromatic heterocycles. The topological polar surface area (TPSA) is 26.0 Å². The van der Waals surface area contributed by atoms with Gasteiger partial charge in [-0.1, -0.05) is 45.7 Å². The van der Waals surface area contributed by atoms with E-state index in [-0.39, 0.29) is 11.9 Å². The summed E-state index contributed by atoms with van der Waals surface area (Å²) in [7, 11) is 0. The van der Waals surface area contributed by atoms with Crippen molar-refractivity contribution in [1.82, 2.24) is 0 Å². The number of halogens is 3. The van der Waals surface area contributed by atoms with Crippen LogP contribution in [0.2, 0.25) is 5.02 Å². The standard InChI is InChI=1S/C15H14BrClFN/c1-8-5-10(6-9(2)14(8)18)15(19)12-4-3-11(17)7-13(12)16/h3-7,15H,19H2,1-2H3. The number of hydrogen-bond acceptors (Lipinski definition) is 1. The van der Waals surface area contributed by atoms with Gasteiger partial charge < -0.3 is 5.73 Å². The van der Waals surface area contributed by atoms with Crippen LogP contribution in [-0.2, 0) is 0 Å². The second-order valence-electron chi connectivity index (χ2n) is 4.61. The molecule has 0 bridgehead atoms. The van der Waals surface area contributed by atoms with E-state index in [9.17, 15) is 4.39 Å². The third kappa shape index (κ3) is 2.99. The molecule has 0 spiro atoms. The normalized spacial score (nSPS) is 12.5. The predicted octanol–water partition coefficient (Wildman–Crippen LogP) is 4.91. The van der Waals surface area contributed by atoms with E-state index in [2.05, 4.69) is 15.9 Å². The molecule has 1 unspecified atom stereocenters. The smallest absolute Gasteiger partial charge is 0.129 e. The molecule has 1 nitrogen and oxygen atoms in total. The van der Waals surface area contributed by atoms with Gasteiger partial charge in [-0.2, -0.15) is 0 Å². The summed E-state index contributed by atoms with van der Waals surface area (Å²) in [6.07, 6.45) is 0. The van der Waals surface area contributed by atoms with Crippen molar-refractivity contribution in [3.05, 3.63) is 67.9 Å². The fourth-order valence-corrected chi connectivity index (χ4v) is 3.02. The quantitative estimate of drug-likeness (QED) is 0.825. The Kier molecular flexibility index (Phi) is 4.29. The molecule has 0 aliphatic carbocycles. The summed E-state index contributed by atoms with van der Waals surface area (Å²) in [6.45, 7) is 3.49. The van der Waals surface area contributed by atoms with Crippen molar-refractivity contribution in [3.63, 3.8) is 0 Å². The monoisotopic (exact) mass is 341 g/mol. The van der Waals surface area contributed by atoms with Crippen LogP contribution in [0.25, 0.3) is 0 Å². The fourth-order valence-electron chi connectivity index (χ4n) is 2.09. The van der Waals surface area contributed by atoms with Gasteiger partial charge in [-0.25, -0.2) is 4.39 Å². The van der Waals surface area contributed by atoms with E-state index in [4.69, 9.17) is 17.3 Å². The van der Waals surface area contributed by atoms with Gasteiger partial charge in [0.15, 0.2) is 0 Å². The molecule has 4 heteroatoms. The van der Waals surface area contributed by atoms with Crippen LogP contribution < -0.4 is 5.73 Å². The summed E-state index contributed by atoms with van der Waals surface area (Å²) in [5, 5.41) is 0.647. The lowest BCUT2D eigenvalue weighted by Gasteiger charge is -2.16. The summed E-state index contributed by atoms with van der Waals surface area (Å²) in [5.74, 6) is -0.175. The van der Waals surface area contributed by atoms with Crippen LogP contribution >= 0.6 is 27.5 Å². The number of nitrogens with two attached hydrogens (primary N) is 1. The van der Waals surface area contributed by atoms with Crippen LogP contribution in [-0.4, -0.2) is 0 Å². The van der Waals surface area contributed by atoms with Crippen LogP contribution in [0.4, 0.5) is 4.39 Å². The molecule has 0 radical (unpaired) electrons. The third-order valence-corrected chi connectivity index (χ3v) is 4.04. The molecule has 0 aliphatic heterocycles. The van der Waals surface area contributed by atoms with E-state index in [1.54, 1.807) is 38.1 Å². The zero-order valence-electron chi connectivity index (χ0n) is 10.7. The van der Waals surface area contributed by atoms with Crippen LogP contribution in [0.5, 0.6) is 0 Å².